The number of nitrogens with one attached hydrogen (secondary N) is 2. The normalized spacial score (nSPS) is 16.4. The Morgan fingerprint density at radius 2 is 2.00 bits per heavy atom. The molecule has 2 N–H and O–H groups in total. The maximum Gasteiger partial charge on any atom is 0.412 e. The second-order valence-electron chi connectivity index (χ2n) is 7.34. The van der Waals surface area contributed by atoms with E-state index in [0.717, 1.165) is 25.1 Å². The van der Waals surface area contributed by atoms with Crippen LogP contribution in [0.2, 0.25) is 0 Å². The lowest BCUT2D eigenvalue weighted by atomic mass is 10.1. The number of aryl methyl sites for hydroxylation is 1. The average molecular weight is 339 g/mol. The predicted molar refractivity (Wildman–Crippen MR) is 98.4 cm³/mol. The van der Waals surface area contributed by atoms with Crippen LogP contribution in [0.5, 0.6) is 0 Å². The molecule has 0 radical (unpaired) electrons. The van der Waals surface area contributed by atoms with Crippen molar-refractivity contribution < 1.29 is 9.53 Å². The van der Waals surface area contributed by atoms with Crippen molar-refractivity contribution >= 4 is 11.8 Å². The molecular formula is C20H25N3O2. The van der Waals surface area contributed by atoms with E-state index < -0.39 is 11.7 Å². The number of carbonyl (C=O) groups excluding carboxylic acids is 1. The SMILES string of the molecule is CC(C)(C)OC(=O)Nc1ccc(CNC2CCc3cccnc32)cc1. The monoisotopic (exact) mass is 339 g/mol. The van der Waals surface area contributed by atoms with Gasteiger partial charge in [-0.25, -0.2) is 4.79 Å². The molecule has 1 atom stereocenters. The first-order chi connectivity index (χ1) is 11.9. The van der Waals surface area contributed by atoms with Gasteiger partial charge in [0, 0.05) is 18.4 Å². The predicted octanol–water partition coefficient (Wildman–Crippen LogP) is 4.21. The van der Waals surface area contributed by atoms with Gasteiger partial charge in [0.1, 0.15) is 5.60 Å². The van der Waals surface area contributed by atoms with Crippen molar-refractivity contribution in [2.45, 2.75) is 51.8 Å². The van der Waals surface area contributed by atoms with E-state index >= 15 is 0 Å². The van der Waals surface area contributed by atoms with Crippen LogP contribution < -0.4 is 10.6 Å². The molecule has 5 heteroatoms. The van der Waals surface area contributed by atoms with E-state index in [9.17, 15) is 4.79 Å². The van der Waals surface area contributed by atoms with Crippen molar-refractivity contribution in [3.8, 4) is 0 Å². The first kappa shape index (κ1) is 17.4. The molecule has 5 nitrogen and oxygen atoms in total. The number of anilines is 1. The van der Waals surface area contributed by atoms with E-state index in [0.29, 0.717) is 6.04 Å². The van der Waals surface area contributed by atoms with Crippen LogP contribution in [0, 0.1) is 0 Å². The molecule has 1 aromatic heterocycles. The zero-order valence-electron chi connectivity index (χ0n) is 15.0. The highest BCUT2D eigenvalue weighted by Crippen LogP contribution is 2.29. The van der Waals surface area contributed by atoms with Gasteiger partial charge in [-0.3, -0.25) is 10.3 Å². The molecular weight excluding hydrogens is 314 g/mol. The third-order valence-corrected chi connectivity index (χ3v) is 4.11. The van der Waals surface area contributed by atoms with Gasteiger partial charge in [0.05, 0.1) is 11.7 Å². The largest absolute Gasteiger partial charge is 0.444 e. The lowest BCUT2D eigenvalue weighted by molar-refractivity contribution is 0.0636. The number of hydrogen-bond acceptors (Lipinski definition) is 4. The van der Waals surface area contributed by atoms with Crippen LogP contribution in [-0.4, -0.2) is 16.7 Å². The number of amides is 1. The van der Waals surface area contributed by atoms with E-state index in [1.165, 1.54) is 16.8 Å². The Balaban J connectivity index is 1.53. The zero-order chi connectivity index (χ0) is 17.9. The molecule has 25 heavy (non-hydrogen) atoms. The van der Waals surface area contributed by atoms with Crippen molar-refractivity contribution in [3.63, 3.8) is 0 Å². The molecule has 0 saturated carbocycles. The molecule has 1 amide bonds. The fourth-order valence-electron chi connectivity index (χ4n) is 2.98. The van der Waals surface area contributed by atoms with E-state index in [1.807, 2.05) is 57.3 Å². The number of nitrogens with zero attached hydrogens (tertiary/aromatic N) is 1. The van der Waals surface area contributed by atoms with Crippen molar-refractivity contribution in [2.24, 2.45) is 0 Å². The highest BCUT2D eigenvalue weighted by atomic mass is 16.6. The Kier molecular flexibility index (Phi) is 5.04. The molecule has 1 aliphatic rings. The number of carbonyl (C=O) groups is 1. The van der Waals surface area contributed by atoms with Crippen LogP contribution in [0.25, 0.3) is 0 Å². The highest BCUT2D eigenvalue weighted by Gasteiger charge is 2.22. The minimum Gasteiger partial charge on any atom is -0.444 e. The van der Waals surface area contributed by atoms with Crippen LogP contribution in [-0.2, 0) is 17.7 Å². The zero-order valence-corrected chi connectivity index (χ0v) is 15.0. The maximum atomic E-state index is 11.8. The highest BCUT2D eigenvalue weighted by molar-refractivity contribution is 5.84. The Hall–Kier alpha value is -2.40. The summed E-state index contributed by atoms with van der Waals surface area (Å²) in [5.74, 6) is 0. The number of ether oxygens (including phenoxy) is 1. The van der Waals surface area contributed by atoms with Gasteiger partial charge in [-0.2, -0.15) is 0 Å². The molecule has 0 fully saturated rings. The molecule has 132 valence electrons. The van der Waals surface area contributed by atoms with Gasteiger partial charge >= 0.3 is 6.09 Å². The number of hydrogen-bond donors (Lipinski definition) is 2. The van der Waals surface area contributed by atoms with Gasteiger partial charge in [-0.15, -0.1) is 0 Å². The summed E-state index contributed by atoms with van der Waals surface area (Å²) in [7, 11) is 0. The molecule has 0 saturated heterocycles. The summed E-state index contributed by atoms with van der Waals surface area (Å²) in [4.78, 5) is 16.3. The minimum atomic E-state index is -0.500. The molecule has 3 rings (SSSR count). The summed E-state index contributed by atoms with van der Waals surface area (Å²) >= 11 is 0. The molecule has 1 aliphatic carbocycles. The van der Waals surface area contributed by atoms with Gasteiger partial charge in [-0.05, 0) is 62.9 Å². The molecule has 0 spiro atoms. The molecule has 1 heterocycles. The van der Waals surface area contributed by atoms with Crippen LogP contribution in [0.1, 0.15) is 50.1 Å². The van der Waals surface area contributed by atoms with Crippen molar-refractivity contribution in [1.82, 2.24) is 10.3 Å². The summed E-state index contributed by atoms with van der Waals surface area (Å²) in [5, 5.41) is 6.32. The van der Waals surface area contributed by atoms with Crippen LogP contribution >= 0.6 is 0 Å². The standard InChI is InChI=1S/C20H25N3O2/c1-20(2,3)25-19(24)23-16-9-6-14(7-10-16)13-22-17-11-8-15-5-4-12-21-18(15)17/h4-7,9-10,12,17,22H,8,11,13H2,1-3H3,(H,23,24). The van der Waals surface area contributed by atoms with Crippen molar-refractivity contribution in [3.05, 3.63) is 59.4 Å². The lowest BCUT2D eigenvalue weighted by Crippen LogP contribution is -2.27. The quantitative estimate of drug-likeness (QED) is 0.876. The van der Waals surface area contributed by atoms with Gasteiger partial charge in [0.15, 0.2) is 0 Å². The van der Waals surface area contributed by atoms with E-state index in [2.05, 4.69) is 21.7 Å². The first-order valence-electron chi connectivity index (χ1n) is 8.67. The second kappa shape index (κ2) is 7.23. The summed E-state index contributed by atoms with van der Waals surface area (Å²) in [5.41, 5.74) is 3.91. The van der Waals surface area contributed by atoms with Gasteiger partial charge < -0.3 is 10.1 Å². The van der Waals surface area contributed by atoms with Gasteiger partial charge in [0.2, 0.25) is 0 Å². The summed E-state index contributed by atoms with van der Waals surface area (Å²) in [6, 6.07) is 12.3. The number of pyridine rings is 1. The Morgan fingerprint density at radius 1 is 1.24 bits per heavy atom. The van der Waals surface area contributed by atoms with Crippen molar-refractivity contribution in [2.75, 3.05) is 5.32 Å². The number of fused-ring (bicyclic) bond motifs is 1. The van der Waals surface area contributed by atoms with Crippen LogP contribution in [0.3, 0.4) is 0 Å². The van der Waals surface area contributed by atoms with Crippen LogP contribution in [0.4, 0.5) is 10.5 Å². The number of aromatic nitrogens is 1. The third-order valence-electron chi connectivity index (χ3n) is 4.11. The Morgan fingerprint density at radius 3 is 2.72 bits per heavy atom. The topological polar surface area (TPSA) is 63.2 Å². The first-order valence-corrected chi connectivity index (χ1v) is 8.67. The van der Waals surface area contributed by atoms with E-state index in [1.54, 1.807) is 0 Å². The fraction of sp³-hybridized carbons (Fsp3) is 0.400. The molecule has 1 aromatic carbocycles. The lowest BCUT2D eigenvalue weighted by Gasteiger charge is -2.19. The summed E-state index contributed by atoms with van der Waals surface area (Å²) in [6.45, 7) is 6.31. The third kappa shape index (κ3) is 4.79. The molecule has 0 bridgehead atoms. The van der Waals surface area contributed by atoms with Crippen LogP contribution in [0.15, 0.2) is 42.6 Å². The van der Waals surface area contributed by atoms with Gasteiger partial charge in [-0.1, -0.05) is 18.2 Å². The number of benzene rings is 1. The maximum absolute atomic E-state index is 11.8. The Bertz CT molecular complexity index is 735. The summed E-state index contributed by atoms with van der Waals surface area (Å²) < 4.78 is 5.25. The smallest absolute Gasteiger partial charge is 0.412 e. The minimum absolute atomic E-state index is 0.316. The summed E-state index contributed by atoms with van der Waals surface area (Å²) in [6.07, 6.45) is 3.59. The van der Waals surface area contributed by atoms with E-state index in [-0.39, 0.29) is 0 Å². The average Bonchev–Trinajstić information content (AvgIpc) is 2.96. The van der Waals surface area contributed by atoms with Gasteiger partial charge in [0.25, 0.3) is 0 Å². The van der Waals surface area contributed by atoms with Crippen molar-refractivity contribution in [1.29, 1.82) is 0 Å². The second-order valence-corrected chi connectivity index (χ2v) is 7.34. The number of rotatable bonds is 4. The fourth-order valence-corrected chi connectivity index (χ4v) is 2.98. The molecule has 2 aromatic rings. The Labute approximate surface area is 148 Å². The molecule has 1 unspecified atom stereocenters. The molecule has 0 aliphatic heterocycles. The van der Waals surface area contributed by atoms with E-state index in [4.69, 9.17) is 4.74 Å².